The van der Waals surface area contributed by atoms with E-state index in [4.69, 9.17) is 4.74 Å². The van der Waals surface area contributed by atoms with Crippen LogP contribution < -0.4 is 5.32 Å². The number of alkyl halides is 3. The first kappa shape index (κ1) is 17.5. The molecule has 5 nitrogen and oxygen atoms in total. The summed E-state index contributed by atoms with van der Waals surface area (Å²) in [7, 11) is 0. The van der Waals surface area contributed by atoms with Gasteiger partial charge in [0, 0.05) is 11.8 Å². The van der Waals surface area contributed by atoms with Gasteiger partial charge in [0.2, 0.25) is 0 Å². The Morgan fingerprint density at radius 1 is 1.18 bits per heavy atom. The van der Waals surface area contributed by atoms with E-state index in [0.29, 0.717) is 5.56 Å². The van der Waals surface area contributed by atoms with Crippen molar-refractivity contribution in [1.82, 2.24) is 0 Å². The van der Waals surface area contributed by atoms with Crippen LogP contribution in [0.1, 0.15) is 12.5 Å². The topological polar surface area (TPSA) is 64.6 Å². The van der Waals surface area contributed by atoms with E-state index >= 15 is 0 Å². The molecule has 0 aromatic heterocycles. The molecule has 0 fully saturated rings. The normalized spacial score (nSPS) is 11.3. The van der Waals surface area contributed by atoms with E-state index in [1.54, 1.807) is 19.1 Å². The van der Waals surface area contributed by atoms with Crippen LogP contribution in [0, 0.1) is 0 Å². The Morgan fingerprint density at radius 2 is 1.82 bits per heavy atom. The lowest BCUT2D eigenvalue weighted by Gasteiger charge is -2.09. The molecule has 1 rings (SSSR count). The Hall–Kier alpha value is -2.51. The second-order valence-electron chi connectivity index (χ2n) is 4.02. The second kappa shape index (κ2) is 8.06. The van der Waals surface area contributed by atoms with Gasteiger partial charge in [-0.15, -0.1) is 0 Å². The van der Waals surface area contributed by atoms with Gasteiger partial charge in [-0.05, 0) is 30.7 Å². The van der Waals surface area contributed by atoms with Crippen molar-refractivity contribution in [3.05, 3.63) is 35.9 Å². The number of esters is 1. The summed E-state index contributed by atoms with van der Waals surface area (Å²) in [6.07, 6.45) is -3.03. The average molecular weight is 317 g/mol. The zero-order chi connectivity index (χ0) is 16.6. The molecular weight excluding hydrogens is 303 g/mol. The molecule has 0 aliphatic heterocycles. The van der Waals surface area contributed by atoms with Crippen molar-refractivity contribution in [2.75, 3.05) is 18.5 Å². The van der Waals surface area contributed by atoms with Crippen molar-refractivity contribution in [2.45, 2.75) is 13.1 Å². The van der Waals surface area contributed by atoms with E-state index in [1.807, 2.05) is 0 Å². The van der Waals surface area contributed by atoms with Crippen molar-refractivity contribution in [3.63, 3.8) is 0 Å². The minimum absolute atomic E-state index is 0.264. The van der Waals surface area contributed by atoms with Gasteiger partial charge in [0.15, 0.2) is 6.61 Å². The van der Waals surface area contributed by atoms with Crippen molar-refractivity contribution < 1.29 is 32.2 Å². The fraction of sp³-hybridized carbons (Fsp3) is 0.286. The van der Waals surface area contributed by atoms with Crippen LogP contribution in [0.3, 0.4) is 0 Å². The van der Waals surface area contributed by atoms with Gasteiger partial charge in [0.25, 0.3) is 0 Å². The number of hydrogen-bond acceptors (Lipinski definition) is 4. The number of carbonyl (C=O) groups is 2. The molecule has 0 heterocycles. The predicted octanol–water partition coefficient (Wildman–Crippen LogP) is 3.37. The Morgan fingerprint density at radius 3 is 2.36 bits per heavy atom. The number of hydrogen-bond donors (Lipinski definition) is 1. The zero-order valence-corrected chi connectivity index (χ0v) is 11.6. The SMILES string of the molecule is CCOC(=O)/C=C\c1ccc(NC(=O)OCC(F)(F)F)cc1. The largest absolute Gasteiger partial charge is 0.463 e. The Kier molecular flexibility index (Phi) is 6.43. The maximum absolute atomic E-state index is 11.9. The number of benzene rings is 1. The lowest BCUT2D eigenvalue weighted by atomic mass is 10.2. The van der Waals surface area contributed by atoms with Crippen LogP contribution in [0.25, 0.3) is 6.08 Å². The summed E-state index contributed by atoms with van der Waals surface area (Å²) >= 11 is 0. The van der Waals surface area contributed by atoms with Crippen molar-refractivity contribution in [2.24, 2.45) is 0 Å². The molecule has 1 amide bonds. The summed E-state index contributed by atoms with van der Waals surface area (Å²) < 4.78 is 44.3. The van der Waals surface area contributed by atoms with Gasteiger partial charge in [-0.25, -0.2) is 9.59 Å². The Labute approximate surface area is 124 Å². The number of rotatable bonds is 5. The first-order valence-electron chi connectivity index (χ1n) is 6.25. The molecule has 1 aromatic carbocycles. The molecule has 120 valence electrons. The quantitative estimate of drug-likeness (QED) is 0.668. The summed E-state index contributed by atoms with van der Waals surface area (Å²) in [6.45, 7) is 0.301. The molecule has 0 spiro atoms. The molecule has 0 aliphatic rings. The molecule has 8 heteroatoms. The van der Waals surface area contributed by atoms with Crippen LogP contribution in [0.4, 0.5) is 23.7 Å². The van der Waals surface area contributed by atoms with Crippen LogP contribution in [-0.4, -0.2) is 31.5 Å². The van der Waals surface area contributed by atoms with Gasteiger partial charge in [0.05, 0.1) is 6.61 Å². The minimum atomic E-state index is -4.57. The third kappa shape index (κ3) is 7.32. The van der Waals surface area contributed by atoms with E-state index in [2.05, 4.69) is 10.1 Å². The van der Waals surface area contributed by atoms with Gasteiger partial charge in [-0.2, -0.15) is 13.2 Å². The van der Waals surface area contributed by atoms with E-state index in [-0.39, 0.29) is 12.3 Å². The fourth-order valence-electron chi connectivity index (χ4n) is 1.33. The third-order valence-corrected chi connectivity index (χ3v) is 2.22. The van der Waals surface area contributed by atoms with Crippen LogP contribution in [-0.2, 0) is 14.3 Å². The highest BCUT2D eigenvalue weighted by Crippen LogP contribution is 2.15. The summed E-state index contributed by atoms with van der Waals surface area (Å²) in [4.78, 5) is 22.2. The number of anilines is 1. The predicted molar refractivity (Wildman–Crippen MR) is 73.1 cm³/mol. The van der Waals surface area contributed by atoms with E-state index in [9.17, 15) is 22.8 Å². The maximum Gasteiger partial charge on any atom is 0.422 e. The Bertz CT molecular complexity index is 538. The molecule has 22 heavy (non-hydrogen) atoms. The molecule has 1 N–H and O–H groups in total. The first-order valence-corrected chi connectivity index (χ1v) is 6.25. The van der Waals surface area contributed by atoms with Crippen molar-refractivity contribution >= 4 is 23.8 Å². The van der Waals surface area contributed by atoms with Gasteiger partial charge >= 0.3 is 18.2 Å². The lowest BCUT2D eigenvalue weighted by molar-refractivity contribution is -0.159. The minimum Gasteiger partial charge on any atom is -0.463 e. The smallest absolute Gasteiger partial charge is 0.422 e. The van der Waals surface area contributed by atoms with Crippen LogP contribution in [0.5, 0.6) is 0 Å². The summed E-state index contributed by atoms with van der Waals surface area (Å²) in [5.74, 6) is -0.486. The summed E-state index contributed by atoms with van der Waals surface area (Å²) in [6, 6.07) is 6.05. The van der Waals surface area contributed by atoms with E-state index < -0.39 is 24.8 Å². The van der Waals surface area contributed by atoms with E-state index in [0.717, 1.165) is 0 Å². The molecule has 0 saturated heterocycles. The van der Waals surface area contributed by atoms with Gasteiger partial charge < -0.3 is 9.47 Å². The van der Waals surface area contributed by atoms with Gasteiger partial charge in [-0.1, -0.05) is 12.1 Å². The Balaban J connectivity index is 2.51. The van der Waals surface area contributed by atoms with Crippen molar-refractivity contribution in [1.29, 1.82) is 0 Å². The van der Waals surface area contributed by atoms with Gasteiger partial charge in [-0.3, -0.25) is 5.32 Å². The number of nitrogens with one attached hydrogen (secondary N) is 1. The molecule has 0 bridgehead atoms. The zero-order valence-electron chi connectivity index (χ0n) is 11.6. The number of carbonyl (C=O) groups excluding carboxylic acids is 2. The molecule has 0 aliphatic carbocycles. The molecule has 0 radical (unpaired) electrons. The number of ether oxygens (including phenoxy) is 2. The number of amides is 1. The highest BCUT2D eigenvalue weighted by molar-refractivity contribution is 5.87. The molecular formula is C14H14F3NO4. The first-order chi connectivity index (χ1) is 10.3. The van der Waals surface area contributed by atoms with Crippen LogP contribution in [0.2, 0.25) is 0 Å². The fourth-order valence-corrected chi connectivity index (χ4v) is 1.33. The molecule has 0 atom stereocenters. The van der Waals surface area contributed by atoms with Crippen LogP contribution >= 0.6 is 0 Å². The monoisotopic (exact) mass is 317 g/mol. The van der Waals surface area contributed by atoms with E-state index in [1.165, 1.54) is 24.3 Å². The lowest BCUT2D eigenvalue weighted by Crippen LogP contribution is -2.23. The third-order valence-electron chi connectivity index (χ3n) is 2.22. The molecule has 0 unspecified atom stereocenters. The molecule has 0 saturated carbocycles. The van der Waals surface area contributed by atoms with Gasteiger partial charge in [0.1, 0.15) is 0 Å². The summed E-state index contributed by atoms with van der Waals surface area (Å²) in [5, 5.41) is 2.15. The summed E-state index contributed by atoms with van der Waals surface area (Å²) in [5.41, 5.74) is 0.919. The highest BCUT2D eigenvalue weighted by Gasteiger charge is 2.29. The standard InChI is InChI=1S/C14H14F3NO4/c1-2-21-12(19)8-5-10-3-6-11(7-4-10)18-13(20)22-9-14(15,16)17/h3-8H,2,9H2,1H3,(H,18,20)/b8-5-. The number of halogens is 3. The second-order valence-corrected chi connectivity index (χ2v) is 4.02. The average Bonchev–Trinajstić information content (AvgIpc) is 2.44. The highest BCUT2D eigenvalue weighted by atomic mass is 19.4. The maximum atomic E-state index is 11.9. The van der Waals surface area contributed by atoms with Crippen molar-refractivity contribution in [3.8, 4) is 0 Å². The van der Waals surface area contributed by atoms with Crippen LogP contribution in [0.15, 0.2) is 30.3 Å². The molecule has 1 aromatic rings.